The van der Waals surface area contributed by atoms with E-state index in [1.165, 1.54) is 6.92 Å². The topological polar surface area (TPSA) is 81.1 Å². The Kier molecular flexibility index (Phi) is 4.97. The third kappa shape index (κ3) is 4.17. The van der Waals surface area contributed by atoms with Gasteiger partial charge in [-0.1, -0.05) is 24.3 Å². The van der Waals surface area contributed by atoms with Gasteiger partial charge in [0.25, 0.3) is 0 Å². The molecule has 2 rings (SSSR count). The molecule has 0 aliphatic heterocycles. The van der Waals surface area contributed by atoms with Crippen LogP contribution < -0.4 is 5.32 Å². The first-order valence-corrected chi connectivity index (χ1v) is 8.84. The summed E-state index contributed by atoms with van der Waals surface area (Å²) in [6, 6.07) is 9.52. The van der Waals surface area contributed by atoms with Crippen molar-refractivity contribution in [1.82, 2.24) is 15.1 Å². The van der Waals surface area contributed by atoms with Crippen LogP contribution in [0.1, 0.15) is 18.1 Å². The Hall–Kier alpha value is -2.15. The lowest BCUT2D eigenvalue weighted by atomic mass is 10.1. The van der Waals surface area contributed by atoms with Gasteiger partial charge in [0.1, 0.15) is 5.25 Å². The second kappa shape index (κ2) is 6.74. The van der Waals surface area contributed by atoms with Crippen LogP contribution in [0.3, 0.4) is 0 Å². The molecule has 1 N–H and O–H groups in total. The van der Waals surface area contributed by atoms with E-state index in [0.717, 1.165) is 17.4 Å². The number of hydrogen-bond donors (Lipinski definition) is 1. The first kappa shape index (κ1) is 16.2. The van der Waals surface area contributed by atoms with Gasteiger partial charge in [-0.25, -0.2) is 8.42 Å². The molecule has 1 aromatic carbocycles. The molecule has 0 spiro atoms. The van der Waals surface area contributed by atoms with Crippen molar-refractivity contribution in [2.24, 2.45) is 0 Å². The molecule has 0 aliphatic carbocycles. The Labute approximate surface area is 130 Å². The van der Waals surface area contributed by atoms with Crippen LogP contribution in [0.15, 0.2) is 42.7 Å². The molecule has 0 bridgehead atoms. The maximum Gasteiger partial charge on any atom is 0.238 e. The van der Waals surface area contributed by atoms with Crippen molar-refractivity contribution in [3.05, 3.63) is 53.9 Å². The van der Waals surface area contributed by atoms with E-state index in [1.54, 1.807) is 10.9 Å². The molecule has 6 nitrogen and oxygen atoms in total. The molecule has 0 radical (unpaired) electrons. The molecule has 2 aromatic rings. The second-order valence-corrected chi connectivity index (χ2v) is 7.53. The summed E-state index contributed by atoms with van der Waals surface area (Å²) >= 11 is 0. The lowest BCUT2D eigenvalue weighted by Crippen LogP contribution is -2.37. The zero-order valence-corrected chi connectivity index (χ0v) is 13.4. The van der Waals surface area contributed by atoms with Crippen molar-refractivity contribution >= 4 is 15.7 Å². The van der Waals surface area contributed by atoms with Gasteiger partial charge in [0.2, 0.25) is 5.91 Å². The number of carbonyl (C=O) groups excluding carboxylic acids is 1. The molecule has 0 saturated carbocycles. The van der Waals surface area contributed by atoms with Gasteiger partial charge in [0.15, 0.2) is 9.84 Å². The van der Waals surface area contributed by atoms with Crippen molar-refractivity contribution < 1.29 is 13.2 Å². The van der Waals surface area contributed by atoms with Gasteiger partial charge < -0.3 is 5.32 Å². The molecule has 1 unspecified atom stereocenters. The predicted molar refractivity (Wildman–Crippen MR) is 83.9 cm³/mol. The molecule has 1 aromatic heterocycles. The Bertz CT molecular complexity index is 739. The molecule has 1 amide bonds. The van der Waals surface area contributed by atoms with E-state index in [0.29, 0.717) is 6.54 Å². The predicted octanol–water partition coefficient (Wildman–Crippen LogP) is 0.981. The fourth-order valence-corrected chi connectivity index (χ4v) is 2.45. The van der Waals surface area contributed by atoms with E-state index in [4.69, 9.17) is 0 Å². The molecule has 0 fully saturated rings. The number of carbonyl (C=O) groups is 1. The molecule has 1 heterocycles. The summed E-state index contributed by atoms with van der Waals surface area (Å²) in [6.07, 6.45) is 4.63. The molecule has 22 heavy (non-hydrogen) atoms. The van der Waals surface area contributed by atoms with Gasteiger partial charge in [-0.3, -0.25) is 9.48 Å². The third-order valence-corrected chi connectivity index (χ3v) is 4.97. The Balaban J connectivity index is 2.06. The number of rotatable bonds is 6. The Morgan fingerprint density at radius 3 is 2.55 bits per heavy atom. The SMILES string of the molecule is CC(C(=O)NCc1ccccc1Cn1cccn1)S(C)(=O)=O. The second-order valence-electron chi connectivity index (χ2n) is 5.16. The zero-order chi connectivity index (χ0) is 16.2. The van der Waals surface area contributed by atoms with Gasteiger partial charge in [0.05, 0.1) is 6.54 Å². The highest BCUT2D eigenvalue weighted by atomic mass is 32.2. The van der Waals surface area contributed by atoms with E-state index >= 15 is 0 Å². The van der Waals surface area contributed by atoms with Crippen molar-refractivity contribution in [3.63, 3.8) is 0 Å². The fourth-order valence-electron chi connectivity index (χ4n) is 1.97. The van der Waals surface area contributed by atoms with Crippen molar-refractivity contribution in [2.75, 3.05) is 6.26 Å². The fraction of sp³-hybridized carbons (Fsp3) is 0.333. The molecule has 0 saturated heterocycles. The van der Waals surface area contributed by atoms with Crippen LogP contribution in [0.5, 0.6) is 0 Å². The van der Waals surface area contributed by atoms with Crippen LogP contribution in [0.4, 0.5) is 0 Å². The lowest BCUT2D eigenvalue weighted by Gasteiger charge is -2.13. The van der Waals surface area contributed by atoms with Crippen molar-refractivity contribution in [2.45, 2.75) is 25.3 Å². The average Bonchev–Trinajstić information content (AvgIpc) is 2.97. The quantitative estimate of drug-likeness (QED) is 0.860. The van der Waals surface area contributed by atoms with Crippen LogP contribution in [0, 0.1) is 0 Å². The highest BCUT2D eigenvalue weighted by Gasteiger charge is 2.23. The summed E-state index contributed by atoms with van der Waals surface area (Å²) in [4.78, 5) is 11.9. The monoisotopic (exact) mass is 321 g/mol. The molecule has 1 atom stereocenters. The smallest absolute Gasteiger partial charge is 0.238 e. The number of amides is 1. The largest absolute Gasteiger partial charge is 0.351 e. The van der Waals surface area contributed by atoms with Crippen LogP contribution in [0.2, 0.25) is 0 Å². The first-order valence-electron chi connectivity index (χ1n) is 6.88. The minimum absolute atomic E-state index is 0.288. The van der Waals surface area contributed by atoms with E-state index in [-0.39, 0.29) is 6.54 Å². The summed E-state index contributed by atoms with van der Waals surface area (Å²) in [5.41, 5.74) is 1.96. The number of nitrogens with one attached hydrogen (secondary N) is 1. The maximum atomic E-state index is 11.9. The lowest BCUT2D eigenvalue weighted by molar-refractivity contribution is -0.120. The molecular formula is C15H19N3O3S. The van der Waals surface area contributed by atoms with Gasteiger partial charge in [-0.05, 0) is 24.1 Å². The normalized spacial score (nSPS) is 12.8. The standard InChI is InChI=1S/C15H19N3O3S/c1-12(22(2,20)21)15(19)16-10-13-6-3-4-7-14(13)11-18-9-5-8-17-18/h3-9,12H,10-11H2,1-2H3,(H,16,19). The van der Waals surface area contributed by atoms with E-state index < -0.39 is 21.0 Å². The summed E-state index contributed by atoms with van der Waals surface area (Å²) in [6.45, 7) is 2.27. The minimum atomic E-state index is -3.38. The number of benzene rings is 1. The van der Waals surface area contributed by atoms with E-state index in [2.05, 4.69) is 10.4 Å². The van der Waals surface area contributed by atoms with Crippen LogP contribution in [-0.2, 0) is 27.7 Å². The Morgan fingerprint density at radius 2 is 1.95 bits per heavy atom. The first-order chi connectivity index (χ1) is 10.4. The third-order valence-electron chi connectivity index (χ3n) is 3.47. The number of nitrogens with zero attached hydrogens (tertiary/aromatic N) is 2. The van der Waals surface area contributed by atoms with Crippen molar-refractivity contribution in [1.29, 1.82) is 0 Å². The van der Waals surface area contributed by atoms with E-state index in [9.17, 15) is 13.2 Å². The van der Waals surface area contributed by atoms with Gasteiger partial charge in [0, 0.05) is 25.2 Å². The van der Waals surface area contributed by atoms with E-state index in [1.807, 2.05) is 36.5 Å². The summed E-state index contributed by atoms with van der Waals surface area (Å²) in [5, 5.41) is 5.79. The van der Waals surface area contributed by atoms with Crippen LogP contribution in [0.25, 0.3) is 0 Å². The minimum Gasteiger partial charge on any atom is -0.351 e. The van der Waals surface area contributed by atoms with Crippen molar-refractivity contribution in [3.8, 4) is 0 Å². The summed E-state index contributed by atoms with van der Waals surface area (Å²) < 4.78 is 24.6. The molecule has 7 heteroatoms. The molecular weight excluding hydrogens is 302 g/mol. The molecule has 118 valence electrons. The summed E-state index contributed by atoms with van der Waals surface area (Å²) in [5.74, 6) is -0.489. The Morgan fingerprint density at radius 1 is 1.27 bits per heavy atom. The number of sulfone groups is 1. The highest BCUT2D eigenvalue weighted by molar-refractivity contribution is 7.92. The van der Waals surface area contributed by atoms with Gasteiger partial charge >= 0.3 is 0 Å². The van der Waals surface area contributed by atoms with Crippen LogP contribution in [-0.4, -0.2) is 35.6 Å². The number of hydrogen-bond acceptors (Lipinski definition) is 4. The van der Waals surface area contributed by atoms with Gasteiger partial charge in [-0.15, -0.1) is 0 Å². The highest BCUT2D eigenvalue weighted by Crippen LogP contribution is 2.10. The van der Waals surface area contributed by atoms with Crippen LogP contribution >= 0.6 is 0 Å². The zero-order valence-electron chi connectivity index (χ0n) is 12.6. The average molecular weight is 321 g/mol. The van der Waals surface area contributed by atoms with Gasteiger partial charge in [-0.2, -0.15) is 5.10 Å². The molecule has 0 aliphatic rings. The summed E-state index contributed by atoms with van der Waals surface area (Å²) in [7, 11) is -3.38. The number of aromatic nitrogens is 2. The maximum absolute atomic E-state index is 11.9.